The van der Waals surface area contributed by atoms with Gasteiger partial charge in [0.15, 0.2) is 11.5 Å². The van der Waals surface area contributed by atoms with E-state index >= 15 is 0 Å². The third-order valence-electron chi connectivity index (χ3n) is 4.61. The fraction of sp³-hybridized carbons (Fsp3) is 0.286. The van der Waals surface area contributed by atoms with Crippen LogP contribution in [0.4, 0.5) is 0 Å². The van der Waals surface area contributed by atoms with Crippen LogP contribution >= 0.6 is 0 Å². The second-order valence-corrected chi connectivity index (χ2v) is 6.33. The molecule has 0 aliphatic carbocycles. The summed E-state index contributed by atoms with van der Waals surface area (Å²) in [4.78, 5) is 23.5. The summed E-state index contributed by atoms with van der Waals surface area (Å²) in [6.45, 7) is 0. The second-order valence-electron chi connectivity index (χ2n) is 6.33. The van der Waals surface area contributed by atoms with Gasteiger partial charge in [0.05, 0.1) is 26.0 Å². The number of ether oxygens (including phenoxy) is 2. The molecule has 0 aromatic heterocycles. The number of hydrogen-bond donors (Lipinski definition) is 0. The highest BCUT2D eigenvalue weighted by Gasteiger charge is 2.35. The van der Waals surface area contributed by atoms with Crippen LogP contribution in [0.25, 0.3) is 0 Å². The van der Waals surface area contributed by atoms with E-state index in [1.165, 1.54) is 12.1 Å². The largest absolute Gasteiger partial charge is 0.550 e. The SMILES string of the molecule is COc1cccc([C@@H]2CC(c3ccccc3)=NN2C(=O)CCC(=O)[O-])c1OC. The average Bonchev–Trinajstić information content (AvgIpc) is 3.17. The summed E-state index contributed by atoms with van der Waals surface area (Å²) in [6, 6.07) is 14.6. The molecule has 7 nitrogen and oxygen atoms in total. The fourth-order valence-corrected chi connectivity index (χ4v) is 3.29. The Morgan fingerprint density at radius 3 is 2.46 bits per heavy atom. The van der Waals surface area contributed by atoms with E-state index in [9.17, 15) is 14.7 Å². The van der Waals surface area contributed by atoms with Gasteiger partial charge in [0.1, 0.15) is 0 Å². The van der Waals surface area contributed by atoms with Crippen LogP contribution in [0.5, 0.6) is 11.5 Å². The van der Waals surface area contributed by atoms with E-state index < -0.39 is 12.0 Å². The van der Waals surface area contributed by atoms with E-state index in [0.717, 1.165) is 16.8 Å². The van der Waals surface area contributed by atoms with Crippen LogP contribution in [0, 0.1) is 0 Å². The smallest absolute Gasteiger partial charge is 0.243 e. The number of carboxylic acids is 1. The summed E-state index contributed by atoms with van der Waals surface area (Å²) in [7, 11) is 3.09. The Labute approximate surface area is 163 Å². The van der Waals surface area contributed by atoms with Crippen LogP contribution in [0.3, 0.4) is 0 Å². The summed E-state index contributed by atoms with van der Waals surface area (Å²) in [5, 5.41) is 16.7. The number of aliphatic carboxylic acids is 1. The van der Waals surface area contributed by atoms with E-state index in [1.807, 2.05) is 42.5 Å². The quantitative estimate of drug-likeness (QED) is 0.731. The summed E-state index contributed by atoms with van der Waals surface area (Å²) in [5.41, 5.74) is 2.40. The van der Waals surface area contributed by atoms with Gasteiger partial charge >= 0.3 is 0 Å². The van der Waals surface area contributed by atoms with E-state index in [2.05, 4.69) is 5.10 Å². The third-order valence-corrected chi connectivity index (χ3v) is 4.61. The van der Waals surface area contributed by atoms with Gasteiger partial charge in [-0.3, -0.25) is 4.79 Å². The lowest BCUT2D eigenvalue weighted by molar-refractivity contribution is -0.305. The molecule has 1 amide bonds. The van der Waals surface area contributed by atoms with Gasteiger partial charge in [0, 0.05) is 24.4 Å². The summed E-state index contributed by atoms with van der Waals surface area (Å²) >= 11 is 0. The van der Waals surface area contributed by atoms with Crippen molar-refractivity contribution in [1.82, 2.24) is 5.01 Å². The molecular formula is C21H21N2O5-. The standard InChI is InChI=1S/C21H22N2O5/c1-27-18-10-6-9-15(21(18)28-2)17-13-16(14-7-4-3-5-8-14)22-23(17)19(24)11-12-20(25)26/h3-10,17H,11-13H2,1-2H3,(H,25,26)/p-1/t17-/m0/s1. The number of carbonyl (C=O) groups is 2. The van der Waals surface area contributed by atoms with Crippen molar-refractivity contribution < 1.29 is 24.2 Å². The maximum Gasteiger partial charge on any atom is 0.243 e. The Bertz CT molecular complexity index is 895. The first kappa shape index (κ1) is 19.4. The molecule has 0 fully saturated rings. The molecule has 0 radical (unpaired) electrons. The van der Waals surface area contributed by atoms with Crippen LogP contribution < -0.4 is 14.6 Å². The lowest BCUT2D eigenvalue weighted by Crippen LogP contribution is -2.30. The molecule has 2 aromatic carbocycles. The minimum Gasteiger partial charge on any atom is -0.550 e. The molecule has 1 heterocycles. The second kappa shape index (κ2) is 8.56. The zero-order chi connectivity index (χ0) is 20.1. The van der Waals surface area contributed by atoms with Crippen molar-refractivity contribution in [2.45, 2.75) is 25.3 Å². The van der Waals surface area contributed by atoms with Gasteiger partial charge in [-0.25, -0.2) is 5.01 Å². The van der Waals surface area contributed by atoms with E-state index in [1.54, 1.807) is 13.2 Å². The van der Waals surface area contributed by atoms with Crippen LogP contribution in [0.1, 0.15) is 36.4 Å². The lowest BCUT2D eigenvalue weighted by Gasteiger charge is -2.24. The van der Waals surface area contributed by atoms with Crippen LogP contribution in [0.15, 0.2) is 53.6 Å². The maximum absolute atomic E-state index is 12.7. The molecular weight excluding hydrogens is 360 g/mol. The first-order valence-electron chi connectivity index (χ1n) is 8.90. The summed E-state index contributed by atoms with van der Waals surface area (Å²) in [5.74, 6) is -0.576. The van der Waals surface area contributed by atoms with Crippen molar-refractivity contribution in [2.75, 3.05) is 14.2 Å². The molecule has 0 saturated heterocycles. The number of amides is 1. The topological polar surface area (TPSA) is 91.3 Å². The Balaban J connectivity index is 1.99. The molecule has 1 atom stereocenters. The van der Waals surface area contributed by atoms with Crippen LogP contribution in [0.2, 0.25) is 0 Å². The minimum absolute atomic E-state index is 0.184. The number of hydrazone groups is 1. The molecule has 0 unspecified atom stereocenters. The monoisotopic (exact) mass is 381 g/mol. The summed E-state index contributed by atoms with van der Waals surface area (Å²) in [6.07, 6.45) is -0.0607. The number of carbonyl (C=O) groups excluding carboxylic acids is 2. The minimum atomic E-state index is -1.27. The van der Waals surface area contributed by atoms with Gasteiger partial charge < -0.3 is 19.4 Å². The molecule has 1 aliphatic rings. The molecule has 3 rings (SSSR count). The number of nitrogens with zero attached hydrogens (tertiary/aromatic N) is 2. The lowest BCUT2D eigenvalue weighted by atomic mass is 9.97. The number of methoxy groups -OCH3 is 2. The predicted molar refractivity (Wildman–Crippen MR) is 101 cm³/mol. The van der Waals surface area contributed by atoms with Gasteiger partial charge in [-0.1, -0.05) is 42.5 Å². The fourth-order valence-electron chi connectivity index (χ4n) is 3.29. The highest BCUT2D eigenvalue weighted by molar-refractivity contribution is 6.03. The molecule has 7 heteroatoms. The van der Waals surface area contributed by atoms with Crippen molar-refractivity contribution in [3.8, 4) is 11.5 Å². The van der Waals surface area contributed by atoms with Gasteiger partial charge in [-0.05, 0) is 18.1 Å². The Kier molecular flexibility index (Phi) is 5.93. The first-order chi connectivity index (χ1) is 13.5. The Morgan fingerprint density at radius 1 is 1.07 bits per heavy atom. The first-order valence-corrected chi connectivity index (χ1v) is 8.90. The number of para-hydroxylation sites is 1. The zero-order valence-electron chi connectivity index (χ0n) is 15.8. The highest BCUT2D eigenvalue weighted by atomic mass is 16.5. The number of benzene rings is 2. The molecule has 0 bridgehead atoms. The third kappa shape index (κ3) is 3.98. The van der Waals surface area contributed by atoms with Crippen LogP contribution in [-0.4, -0.2) is 36.8 Å². The van der Waals surface area contributed by atoms with Gasteiger partial charge in [0.2, 0.25) is 5.91 Å². The van der Waals surface area contributed by atoms with Crippen molar-refractivity contribution in [3.63, 3.8) is 0 Å². The molecule has 2 aromatic rings. The number of hydrogen-bond acceptors (Lipinski definition) is 6. The maximum atomic E-state index is 12.7. The molecule has 0 N–H and O–H groups in total. The van der Waals surface area contributed by atoms with Crippen molar-refractivity contribution in [3.05, 3.63) is 59.7 Å². The Hall–Kier alpha value is -3.35. The molecule has 28 heavy (non-hydrogen) atoms. The van der Waals surface area contributed by atoms with Gasteiger partial charge in [0.25, 0.3) is 0 Å². The summed E-state index contributed by atoms with van der Waals surface area (Å²) < 4.78 is 10.9. The molecule has 0 spiro atoms. The average molecular weight is 381 g/mol. The predicted octanol–water partition coefficient (Wildman–Crippen LogP) is 1.91. The molecule has 0 saturated carbocycles. The van der Waals surface area contributed by atoms with Crippen molar-refractivity contribution in [2.24, 2.45) is 5.10 Å². The zero-order valence-corrected chi connectivity index (χ0v) is 15.8. The normalized spacial score (nSPS) is 15.9. The number of rotatable bonds is 7. The van der Waals surface area contributed by atoms with Crippen LogP contribution in [-0.2, 0) is 9.59 Å². The number of carboxylic acid groups (broad SMARTS) is 1. The Morgan fingerprint density at radius 2 is 1.82 bits per heavy atom. The van der Waals surface area contributed by atoms with E-state index in [-0.39, 0.29) is 18.7 Å². The van der Waals surface area contributed by atoms with Gasteiger partial charge in [-0.2, -0.15) is 5.10 Å². The van der Waals surface area contributed by atoms with Crippen molar-refractivity contribution >= 4 is 17.6 Å². The molecule has 1 aliphatic heterocycles. The van der Waals surface area contributed by atoms with Crippen molar-refractivity contribution in [1.29, 1.82) is 0 Å². The van der Waals surface area contributed by atoms with Gasteiger partial charge in [-0.15, -0.1) is 0 Å². The van der Waals surface area contributed by atoms with E-state index in [4.69, 9.17) is 9.47 Å². The molecule has 146 valence electrons. The van der Waals surface area contributed by atoms with E-state index in [0.29, 0.717) is 17.9 Å². The highest BCUT2D eigenvalue weighted by Crippen LogP contribution is 2.41.